The standard InChI is InChI=1S/C22H17ClI2N2O3/c1-29-21-11-16(5-8-18(21)24)22(28)27-26-12-15-4-9-20(19(25)10-15)30-13-14-2-6-17(23)7-3-14/h2-12H,13H2,1H3,(H,27,28)/b26-12-. The van der Waals surface area contributed by atoms with Crippen molar-refractivity contribution in [3.8, 4) is 11.5 Å². The maximum atomic E-state index is 12.3. The molecule has 154 valence electrons. The summed E-state index contributed by atoms with van der Waals surface area (Å²) in [5.41, 5.74) is 4.89. The lowest BCUT2D eigenvalue weighted by Gasteiger charge is -2.09. The van der Waals surface area contributed by atoms with E-state index in [1.54, 1.807) is 25.5 Å². The fourth-order valence-corrected chi connectivity index (χ4v) is 3.86. The van der Waals surface area contributed by atoms with Gasteiger partial charge in [-0.3, -0.25) is 4.79 Å². The molecule has 0 heterocycles. The van der Waals surface area contributed by atoms with Gasteiger partial charge in [-0.15, -0.1) is 0 Å². The van der Waals surface area contributed by atoms with Crippen LogP contribution in [0.4, 0.5) is 0 Å². The highest BCUT2D eigenvalue weighted by Crippen LogP contribution is 2.23. The number of benzene rings is 3. The molecule has 1 amide bonds. The minimum absolute atomic E-state index is 0.307. The first-order valence-corrected chi connectivity index (χ1v) is 11.3. The van der Waals surface area contributed by atoms with Crippen molar-refractivity contribution in [3.05, 3.63) is 89.5 Å². The number of carbonyl (C=O) groups excluding carboxylic acids is 1. The number of halogens is 3. The second kappa shape index (κ2) is 11.0. The van der Waals surface area contributed by atoms with Crippen LogP contribution < -0.4 is 14.9 Å². The number of amides is 1. The van der Waals surface area contributed by atoms with Crippen LogP contribution in [0, 0.1) is 7.14 Å². The van der Waals surface area contributed by atoms with Crippen LogP contribution in [0.15, 0.2) is 65.8 Å². The van der Waals surface area contributed by atoms with Crippen molar-refractivity contribution >= 4 is 68.9 Å². The van der Waals surface area contributed by atoms with Crippen molar-refractivity contribution in [1.82, 2.24) is 5.43 Å². The number of nitrogens with one attached hydrogen (secondary N) is 1. The van der Waals surface area contributed by atoms with Crippen molar-refractivity contribution in [2.24, 2.45) is 5.10 Å². The number of carbonyl (C=O) groups is 1. The lowest BCUT2D eigenvalue weighted by Crippen LogP contribution is -2.17. The fourth-order valence-electron chi connectivity index (χ4n) is 2.49. The maximum Gasteiger partial charge on any atom is 0.271 e. The first-order chi connectivity index (χ1) is 14.5. The molecule has 3 aromatic carbocycles. The molecule has 8 heteroatoms. The van der Waals surface area contributed by atoms with Crippen LogP contribution in [0.5, 0.6) is 11.5 Å². The van der Waals surface area contributed by atoms with Crippen molar-refractivity contribution < 1.29 is 14.3 Å². The average Bonchev–Trinajstić information content (AvgIpc) is 2.74. The van der Waals surface area contributed by atoms with E-state index in [0.717, 1.165) is 24.0 Å². The predicted molar refractivity (Wildman–Crippen MR) is 136 cm³/mol. The second-order valence-electron chi connectivity index (χ2n) is 6.15. The normalized spacial score (nSPS) is 10.8. The Morgan fingerprint density at radius 1 is 1.03 bits per heavy atom. The van der Waals surface area contributed by atoms with Gasteiger partial charge in [-0.05, 0) is 105 Å². The smallest absolute Gasteiger partial charge is 0.271 e. The molecule has 0 bridgehead atoms. The van der Waals surface area contributed by atoms with Crippen LogP contribution >= 0.6 is 56.8 Å². The summed E-state index contributed by atoms with van der Waals surface area (Å²) in [7, 11) is 1.57. The summed E-state index contributed by atoms with van der Waals surface area (Å²) in [4.78, 5) is 12.3. The van der Waals surface area contributed by atoms with E-state index in [1.807, 2.05) is 48.5 Å². The molecule has 0 atom stereocenters. The van der Waals surface area contributed by atoms with E-state index in [9.17, 15) is 4.79 Å². The Kier molecular flexibility index (Phi) is 8.34. The zero-order chi connectivity index (χ0) is 21.5. The summed E-state index contributed by atoms with van der Waals surface area (Å²) in [5, 5.41) is 4.74. The molecule has 3 rings (SSSR count). The lowest BCUT2D eigenvalue weighted by atomic mass is 10.2. The van der Waals surface area contributed by atoms with Gasteiger partial charge in [0.2, 0.25) is 0 Å². The Hall–Kier alpha value is -1.85. The zero-order valence-corrected chi connectivity index (χ0v) is 20.9. The summed E-state index contributed by atoms with van der Waals surface area (Å²) in [6.45, 7) is 0.455. The van der Waals surface area contributed by atoms with Gasteiger partial charge in [0.25, 0.3) is 5.91 Å². The summed E-state index contributed by atoms with van der Waals surface area (Å²) >= 11 is 10.3. The van der Waals surface area contributed by atoms with Crippen molar-refractivity contribution in [3.63, 3.8) is 0 Å². The fraction of sp³-hybridized carbons (Fsp3) is 0.0909. The Balaban J connectivity index is 1.58. The first kappa shape index (κ1) is 22.8. The Morgan fingerprint density at radius 3 is 2.50 bits per heavy atom. The van der Waals surface area contributed by atoms with Gasteiger partial charge in [0.05, 0.1) is 20.5 Å². The summed E-state index contributed by atoms with van der Waals surface area (Å²) in [5.74, 6) is 1.12. The van der Waals surface area contributed by atoms with E-state index in [1.165, 1.54) is 0 Å². The molecule has 0 aliphatic carbocycles. The third kappa shape index (κ3) is 6.32. The predicted octanol–water partition coefficient (Wildman–Crippen LogP) is 5.90. The number of ether oxygens (including phenoxy) is 2. The molecule has 0 aliphatic rings. The summed E-state index contributed by atoms with van der Waals surface area (Å²) in [6.07, 6.45) is 1.59. The molecule has 0 saturated heterocycles. The van der Waals surface area contributed by atoms with E-state index in [4.69, 9.17) is 21.1 Å². The van der Waals surface area contributed by atoms with E-state index in [-0.39, 0.29) is 5.91 Å². The average molecular weight is 647 g/mol. The van der Waals surface area contributed by atoms with E-state index in [0.29, 0.717) is 22.9 Å². The summed E-state index contributed by atoms with van der Waals surface area (Å²) in [6, 6.07) is 18.5. The van der Waals surface area contributed by atoms with Gasteiger partial charge >= 0.3 is 0 Å². The van der Waals surface area contributed by atoms with Crippen molar-refractivity contribution in [2.75, 3.05) is 7.11 Å². The number of nitrogens with zero attached hydrogens (tertiary/aromatic N) is 1. The van der Waals surface area contributed by atoms with Gasteiger partial charge < -0.3 is 9.47 Å². The van der Waals surface area contributed by atoms with Crippen LogP contribution in [-0.4, -0.2) is 19.2 Å². The molecular formula is C22H17ClI2N2O3. The molecule has 3 aromatic rings. The number of hydrogen-bond acceptors (Lipinski definition) is 4. The molecule has 0 fully saturated rings. The van der Waals surface area contributed by atoms with Gasteiger partial charge in [-0.1, -0.05) is 23.7 Å². The number of hydrogen-bond donors (Lipinski definition) is 1. The molecule has 0 unspecified atom stereocenters. The van der Waals surface area contributed by atoms with E-state index < -0.39 is 0 Å². The first-order valence-electron chi connectivity index (χ1n) is 8.80. The van der Waals surface area contributed by atoms with E-state index >= 15 is 0 Å². The Labute approximate surface area is 207 Å². The molecule has 30 heavy (non-hydrogen) atoms. The number of rotatable bonds is 7. The van der Waals surface area contributed by atoms with Gasteiger partial charge in [0.15, 0.2) is 0 Å². The third-order valence-electron chi connectivity index (χ3n) is 4.06. The van der Waals surface area contributed by atoms with E-state index in [2.05, 4.69) is 55.7 Å². The maximum absolute atomic E-state index is 12.3. The lowest BCUT2D eigenvalue weighted by molar-refractivity contribution is 0.0954. The Morgan fingerprint density at radius 2 is 1.80 bits per heavy atom. The number of hydrazone groups is 1. The quantitative estimate of drug-likeness (QED) is 0.198. The van der Waals surface area contributed by atoms with Crippen LogP contribution in [0.2, 0.25) is 5.02 Å². The van der Waals surface area contributed by atoms with Crippen molar-refractivity contribution in [2.45, 2.75) is 6.61 Å². The monoisotopic (exact) mass is 646 g/mol. The third-order valence-corrected chi connectivity index (χ3v) is 6.04. The van der Waals surface area contributed by atoms with Gasteiger partial charge in [0, 0.05) is 10.6 Å². The van der Waals surface area contributed by atoms with Gasteiger partial charge in [0.1, 0.15) is 18.1 Å². The highest BCUT2D eigenvalue weighted by molar-refractivity contribution is 14.1. The largest absolute Gasteiger partial charge is 0.496 e. The molecule has 0 saturated carbocycles. The zero-order valence-electron chi connectivity index (χ0n) is 15.9. The SMILES string of the molecule is COc1cc(C(=O)N/N=C\c2ccc(OCc3ccc(Cl)cc3)c(I)c2)ccc1I. The minimum atomic E-state index is -0.307. The molecule has 0 aromatic heterocycles. The minimum Gasteiger partial charge on any atom is -0.496 e. The number of methoxy groups -OCH3 is 1. The van der Waals surface area contributed by atoms with Crippen LogP contribution in [0.25, 0.3) is 0 Å². The highest BCUT2D eigenvalue weighted by atomic mass is 127. The molecule has 0 spiro atoms. The van der Waals surface area contributed by atoms with Crippen LogP contribution in [0.3, 0.4) is 0 Å². The molecule has 0 radical (unpaired) electrons. The molecule has 1 N–H and O–H groups in total. The van der Waals surface area contributed by atoms with Crippen LogP contribution in [-0.2, 0) is 6.61 Å². The topological polar surface area (TPSA) is 59.9 Å². The molecule has 0 aliphatic heterocycles. The molecular weight excluding hydrogens is 630 g/mol. The summed E-state index contributed by atoms with van der Waals surface area (Å²) < 4.78 is 13.0. The van der Waals surface area contributed by atoms with Crippen molar-refractivity contribution in [1.29, 1.82) is 0 Å². The molecule has 5 nitrogen and oxygen atoms in total. The second-order valence-corrected chi connectivity index (χ2v) is 8.91. The van der Waals surface area contributed by atoms with Crippen LogP contribution in [0.1, 0.15) is 21.5 Å². The van der Waals surface area contributed by atoms with Gasteiger partial charge in [-0.2, -0.15) is 5.10 Å². The van der Waals surface area contributed by atoms with Gasteiger partial charge in [-0.25, -0.2) is 5.43 Å². The Bertz CT molecular complexity index is 1070. The highest BCUT2D eigenvalue weighted by Gasteiger charge is 2.08.